The molecular formula is C19H29ClN6O3. The molecule has 9 nitrogen and oxygen atoms in total. The molecule has 0 spiro atoms. The van der Waals surface area contributed by atoms with Crippen LogP contribution in [-0.2, 0) is 24.7 Å². The molecule has 3 heterocycles. The minimum atomic E-state index is -0.553. The molecule has 0 radical (unpaired) electrons. The van der Waals surface area contributed by atoms with E-state index < -0.39 is 5.60 Å². The van der Waals surface area contributed by atoms with Gasteiger partial charge in [-0.2, -0.15) is 4.98 Å². The second-order valence-corrected chi connectivity index (χ2v) is 8.92. The first-order chi connectivity index (χ1) is 13.4. The van der Waals surface area contributed by atoms with Gasteiger partial charge in [-0.1, -0.05) is 0 Å². The number of alkyl halides is 1. The van der Waals surface area contributed by atoms with Gasteiger partial charge in [0.25, 0.3) is 0 Å². The molecule has 1 amide bonds. The summed E-state index contributed by atoms with van der Waals surface area (Å²) >= 11 is 6.03. The van der Waals surface area contributed by atoms with Gasteiger partial charge < -0.3 is 19.1 Å². The number of piperazine rings is 1. The van der Waals surface area contributed by atoms with Crippen LogP contribution in [0, 0.1) is 0 Å². The van der Waals surface area contributed by atoms with Crippen LogP contribution in [0.15, 0.2) is 4.79 Å². The number of ether oxygens (including phenoxy) is 1. The van der Waals surface area contributed by atoms with Crippen molar-refractivity contribution < 1.29 is 9.53 Å². The van der Waals surface area contributed by atoms with E-state index in [1.807, 2.05) is 51.1 Å². The molecule has 1 saturated heterocycles. The van der Waals surface area contributed by atoms with Crippen molar-refractivity contribution in [2.24, 2.45) is 14.1 Å². The predicted molar refractivity (Wildman–Crippen MR) is 113 cm³/mol. The number of carbonyl (C=O) groups excluding carboxylic acids is 1. The topological polar surface area (TPSA) is 85.5 Å². The lowest BCUT2D eigenvalue weighted by molar-refractivity contribution is 0.0130. The number of aryl methyl sites for hydroxylation is 2. The van der Waals surface area contributed by atoms with Crippen molar-refractivity contribution in [3.05, 3.63) is 16.3 Å². The van der Waals surface area contributed by atoms with Gasteiger partial charge in [0, 0.05) is 39.3 Å². The first-order valence-corrected chi connectivity index (χ1v) is 10.2. The van der Waals surface area contributed by atoms with E-state index in [0.717, 1.165) is 0 Å². The van der Waals surface area contributed by atoms with E-state index >= 15 is 0 Å². The number of hydrogen-bond acceptors (Lipinski definition) is 6. The van der Waals surface area contributed by atoms with Crippen LogP contribution in [0.1, 0.15) is 40.4 Å². The summed E-state index contributed by atoms with van der Waals surface area (Å²) in [6.45, 7) is 10.5. The third-order valence-electron chi connectivity index (χ3n) is 5.18. The second-order valence-electron chi connectivity index (χ2n) is 8.65. The molecule has 2 atom stereocenters. The smallest absolute Gasteiger partial charge is 0.410 e. The third-order valence-corrected chi connectivity index (χ3v) is 5.42. The van der Waals surface area contributed by atoms with Crippen LogP contribution in [0.2, 0.25) is 0 Å². The number of imidazole rings is 1. The molecule has 0 bridgehead atoms. The van der Waals surface area contributed by atoms with Crippen molar-refractivity contribution in [2.45, 2.75) is 58.2 Å². The molecule has 1 aliphatic rings. The summed E-state index contributed by atoms with van der Waals surface area (Å²) in [6.07, 6.45) is -0.333. The molecule has 0 aromatic carbocycles. The fourth-order valence-electron chi connectivity index (χ4n) is 3.69. The number of fused-ring (bicyclic) bond motifs is 1. The van der Waals surface area contributed by atoms with E-state index in [0.29, 0.717) is 35.9 Å². The van der Waals surface area contributed by atoms with Crippen molar-refractivity contribution in [1.82, 2.24) is 24.0 Å². The summed E-state index contributed by atoms with van der Waals surface area (Å²) < 4.78 is 8.84. The molecule has 160 valence electrons. The third kappa shape index (κ3) is 3.92. The van der Waals surface area contributed by atoms with E-state index in [-0.39, 0.29) is 29.7 Å². The highest BCUT2D eigenvalue weighted by Crippen LogP contribution is 2.28. The Morgan fingerprint density at radius 3 is 2.38 bits per heavy atom. The van der Waals surface area contributed by atoms with E-state index in [1.165, 1.54) is 4.57 Å². The lowest BCUT2D eigenvalue weighted by Gasteiger charge is -2.44. The number of amides is 1. The van der Waals surface area contributed by atoms with Crippen molar-refractivity contribution in [2.75, 3.05) is 18.0 Å². The summed E-state index contributed by atoms with van der Waals surface area (Å²) in [6, 6.07) is -0.179. The Hall–Kier alpha value is -2.29. The molecule has 0 saturated carbocycles. The minimum absolute atomic E-state index is 0.0667. The Balaban J connectivity index is 1.99. The van der Waals surface area contributed by atoms with Crippen LogP contribution < -0.4 is 10.6 Å². The number of aromatic nitrogens is 4. The van der Waals surface area contributed by atoms with Crippen molar-refractivity contribution in [1.29, 1.82) is 0 Å². The van der Waals surface area contributed by atoms with E-state index in [2.05, 4.69) is 9.97 Å². The Kier molecular flexibility index (Phi) is 5.55. The maximum Gasteiger partial charge on any atom is 0.410 e. The first-order valence-electron chi connectivity index (χ1n) is 9.69. The Labute approximate surface area is 175 Å². The molecule has 0 aliphatic carbocycles. The highest BCUT2D eigenvalue weighted by Gasteiger charge is 2.36. The summed E-state index contributed by atoms with van der Waals surface area (Å²) in [4.78, 5) is 37.8. The zero-order valence-corrected chi connectivity index (χ0v) is 18.8. The molecule has 0 unspecified atom stereocenters. The maximum absolute atomic E-state index is 12.6. The van der Waals surface area contributed by atoms with Gasteiger partial charge in [0.05, 0.1) is 5.88 Å². The van der Waals surface area contributed by atoms with Crippen LogP contribution in [0.3, 0.4) is 0 Å². The van der Waals surface area contributed by atoms with Crippen molar-refractivity contribution in [3.63, 3.8) is 0 Å². The highest BCUT2D eigenvalue weighted by atomic mass is 35.5. The van der Waals surface area contributed by atoms with Crippen LogP contribution in [0.4, 0.5) is 10.6 Å². The van der Waals surface area contributed by atoms with Gasteiger partial charge in [-0.25, -0.2) is 14.6 Å². The number of nitrogens with zero attached hydrogens (tertiary/aromatic N) is 6. The van der Waals surface area contributed by atoms with Gasteiger partial charge in [0.1, 0.15) is 22.6 Å². The van der Waals surface area contributed by atoms with Gasteiger partial charge in [-0.15, -0.1) is 11.6 Å². The minimum Gasteiger partial charge on any atom is -0.444 e. The van der Waals surface area contributed by atoms with Gasteiger partial charge in [0.2, 0.25) is 0 Å². The molecule has 10 heteroatoms. The standard InChI is InChI=1S/C19H29ClN6O3/c1-11-10-26(18(28)29-19(3,4)5)12(2)9-25(11)15-14-16(24(7)17(27)22-15)23(6)13(8-20)21-14/h11-12H,8-10H2,1-7H3/t11-,12+/m0/s1. The molecule has 29 heavy (non-hydrogen) atoms. The highest BCUT2D eigenvalue weighted by molar-refractivity contribution is 6.16. The molecule has 3 rings (SSSR count). The average Bonchev–Trinajstić information content (AvgIpc) is 2.95. The van der Waals surface area contributed by atoms with Crippen molar-refractivity contribution in [3.8, 4) is 0 Å². The van der Waals surface area contributed by atoms with E-state index in [4.69, 9.17) is 16.3 Å². The molecule has 0 N–H and O–H groups in total. The lowest BCUT2D eigenvalue weighted by atomic mass is 10.1. The fourth-order valence-corrected chi connectivity index (χ4v) is 3.93. The van der Waals surface area contributed by atoms with Crippen LogP contribution in [-0.4, -0.2) is 60.9 Å². The Morgan fingerprint density at radius 2 is 1.79 bits per heavy atom. The van der Waals surface area contributed by atoms with Crippen molar-refractivity contribution >= 4 is 34.7 Å². The lowest BCUT2D eigenvalue weighted by Crippen LogP contribution is -2.59. The Morgan fingerprint density at radius 1 is 1.14 bits per heavy atom. The number of hydrogen-bond donors (Lipinski definition) is 0. The maximum atomic E-state index is 12.6. The monoisotopic (exact) mass is 424 g/mol. The predicted octanol–water partition coefficient (Wildman–Crippen LogP) is 2.24. The zero-order chi connectivity index (χ0) is 21.7. The van der Waals surface area contributed by atoms with Gasteiger partial charge in [0.15, 0.2) is 5.82 Å². The number of halogens is 1. The fraction of sp³-hybridized carbons (Fsp3) is 0.684. The number of rotatable bonds is 2. The van der Waals surface area contributed by atoms with Gasteiger partial charge >= 0.3 is 11.8 Å². The normalized spacial score (nSPS) is 20.4. The average molecular weight is 425 g/mol. The SMILES string of the molecule is C[C@@H]1CN(c2nc(=O)n(C)c3c2nc(CCl)n3C)[C@@H](C)CN1C(=O)OC(C)(C)C. The molecule has 1 aliphatic heterocycles. The van der Waals surface area contributed by atoms with E-state index in [1.54, 1.807) is 11.9 Å². The van der Waals surface area contributed by atoms with Crippen LogP contribution in [0.25, 0.3) is 11.2 Å². The molecular weight excluding hydrogens is 396 g/mol. The second kappa shape index (κ2) is 7.51. The van der Waals surface area contributed by atoms with Gasteiger partial charge in [-0.3, -0.25) is 4.57 Å². The zero-order valence-electron chi connectivity index (χ0n) is 18.1. The Bertz CT molecular complexity index is 992. The first kappa shape index (κ1) is 21.4. The quantitative estimate of drug-likeness (QED) is 0.687. The van der Waals surface area contributed by atoms with Crippen LogP contribution >= 0.6 is 11.6 Å². The summed E-state index contributed by atoms with van der Waals surface area (Å²) in [5, 5.41) is 0. The van der Waals surface area contributed by atoms with Crippen LogP contribution in [0.5, 0.6) is 0 Å². The summed E-state index contributed by atoms with van der Waals surface area (Å²) in [5.74, 6) is 1.43. The number of carbonyl (C=O) groups is 1. The summed E-state index contributed by atoms with van der Waals surface area (Å²) in [7, 11) is 3.51. The van der Waals surface area contributed by atoms with E-state index in [9.17, 15) is 9.59 Å². The molecule has 2 aromatic heterocycles. The number of anilines is 1. The molecule has 2 aromatic rings. The van der Waals surface area contributed by atoms with Gasteiger partial charge in [-0.05, 0) is 34.6 Å². The summed E-state index contributed by atoms with van der Waals surface area (Å²) in [5.41, 5.74) is 0.397. The molecule has 1 fully saturated rings. The largest absolute Gasteiger partial charge is 0.444 e.